The van der Waals surface area contributed by atoms with Crippen LogP contribution in [-0.4, -0.2) is 59.5 Å². The van der Waals surface area contributed by atoms with E-state index in [1.807, 2.05) is 11.8 Å². The minimum Gasteiger partial charge on any atom is -0.481 e. The van der Waals surface area contributed by atoms with Gasteiger partial charge >= 0.3 is 5.97 Å². The van der Waals surface area contributed by atoms with E-state index in [2.05, 4.69) is 11.8 Å². The Balaban J connectivity index is 2.29. The van der Waals surface area contributed by atoms with E-state index in [0.29, 0.717) is 6.42 Å². The molecule has 18 heavy (non-hydrogen) atoms. The van der Waals surface area contributed by atoms with Gasteiger partial charge in [-0.1, -0.05) is 13.8 Å². The Bertz CT molecular complexity index is 286. The number of carboxylic acids is 1. The smallest absolute Gasteiger partial charge is 0.303 e. The van der Waals surface area contributed by atoms with Gasteiger partial charge in [0.25, 0.3) is 0 Å². The molecule has 0 aromatic carbocycles. The van der Waals surface area contributed by atoms with Crippen molar-refractivity contribution in [2.75, 3.05) is 32.7 Å². The summed E-state index contributed by atoms with van der Waals surface area (Å²) in [5, 5.41) is 8.67. The predicted octanol–water partition coefficient (Wildman–Crippen LogP) is 1.04. The third-order valence-electron chi connectivity index (χ3n) is 3.31. The summed E-state index contributed by atoms with van der Waals surface area (Å²) in [5.74, 6) is -0.813. The van der Waals surface area contributed by atoms with Gasteiger partial charge in [0.05, 0.1) is 0 Å². The van der Waals surface area contributed by atoms with Crippen molar-refractivity contribution in [2.45, 2.75) is 33.1 Å². The minimum atomic E-state index is -0.830. The Morgan fingerprint density at radius 1 is 1.17 bits per heavy atom. The summed E-state index contributed by atoms with van der Waals surface area (Å²) in [6.45, 7) is 8.50. The molecule has 0 saturated carbocycles. The zero-order valence-electron chi connectivity index (χ0n) is 11.4. The predicted molar refractivity (Wildman–Crippen MR) is 69.3 cm³/mol. The van der Waals surface area contributed by atoms with Gasteiger partial charge in [-0.05, 0) is 18.9 Å². The van der Waals surface area contributed by atoms with Crippen LogP contribution in [0.3, 0.4) is 0 Å². The SMILES string of the molecule is CCCN1CCN(C(=O)CC(C)CC(=O)O)CC1. The van der Waals surface area contributed by atoms with Gasteiger partial charge in [0.1, 0.15) is 0 Å². The van der Waals surface area contributed by atoms with Crippen LogP contribution in [0.15, 0.2) is 0 Å². The van der Waals surface area contributed by atoms with Gasteiger partial charge in [-0.25, -0.2) is 0 Å². The molecule has 0 bridgehead atoms. The molecule has 1 rings (SSSR count). The van der Waals surface area contributed by atoms with Crippen molar-refractivity contribution >= 4 is 11.9 Å². The molecule has 0 aliphatic carbocycles. The van der Waals surface area contributed by atoms with Crippen molar-refractivity contribution in [1.29, 1.82) is 0 Å². The Labute approximate surface area is 109 Å². The molecule has 1 atom stereocenters. The normalized spacial score (nSPS) is 18.7. The molecule has 1 aliphatic heterocycles. The van der Waals surface area contributed by atoms with Crippen LogP contribution in [0.4, 0.5) is 0 Å². The molecular weight excluding hydrogens is 232 g/mol. The highest BCUT2D eigenvalue weighted by molar-refractivity contribution is 5.77. The molecule has 0 aromatic rings. The zero-order valence-corrected chi connectivity index (χ0v) is 11.4. The second-order valence-electron chi connectivity index (χ2n) is 5.13. The quantitative estimate of drug-likeness (QED) is 0.771. The molecule has 0 radical (unpaired) electrons. The standard InChI is InChI=1S/C13H24N2O3/c1-3-4-14-5-7-15(8-6-14)12(16)9-11(2)10-13(17)18/h11H,3-10H2,1-2H3,(H,17,18). The van der Waals surface area contributed by atoms with E-state index >= 15 is 0 Å². The first kappa shape index (κ1) is 15.0. The monoisotopic (exact) mass is 256 g/mol. The molecule has 1 aliphatic rings. The largest absolute Gasteiger partial charge is 0.481 e. The van der Waals surface area contributed by atoms with Crippen molar-refractivity contribution in [3.8, 4) is 0 Å². The van der Waals surface area contributed by atoms with Gasteiger partial charge in [-0.3, -0.25) is 14.5 Å². The van der Waals surface area contributed by atoms with Crippen molar-refractivity contribution in [1.82, 2.24) is 9.80 Å². The van der Waals surface area contributed by atoms with E-state index in [-0.39, 0.29) is 18.2 Å². The number of rotatable bonds is 6. The molecule has 1 heterocycles. The van der Waals surface area contributed by atoms with E-state index in [1.165, 1.54) is 0 Å². The van der Waals surface area contributed by atoms with Gasteiger partial charge < -0.3 is 10.0 Å². The number of nitrogens with zero attached hydrogens (tertiary/aromatic N) is 2. The summed E-state index contributed by atoms with van der Waals surface area (Å²) >= 11 is 0. The number of carbonyl (C=O) groups excluding carboxylic acids is 1. The number of amides is 1. The zero-order chi connectivity index (χ0) is 13.5. The molecule has 5 heteroatoms. The molecular formula is C13H24N2O3. The second-order valence-corrected chi connectivity index (χ2v) is 5.13. The van der Waals surface area contributed by atoms with E-state index in [0.717, 1.165) is 39.1 Å². The maximum absolute atomic E-state index is 12.0. The first-order chi connectivity index (χ1) is 8.52. The Hall–Kier alpha value is -1.10. The molecule has 0 spiro atoms. The van der Waals surface area contributed by atoms with Crippen LogP contribution in [0, 0.1) is 5.92 Å². The van der Waals surface area contributed by atoms with Crippen LogP contribution in [0.2, 0.25) is 0 Å². The van der Waals surface area contributed by atoms with E-state index < -0.39 is 5.97 Å². The average Bonchev–Trinajstić information content (AvgIpc) is 2.29. The number of hydrogen-bond acceptors (Lipinski definition) is 3. The van der Waals surface area contributed by atoms with Crippen LogP contribution in [0.5, 0.6) is 0 Å². The van der Waals surface area contributed by atoms with Crippen molar-refractivity contribution in [3.63, 3.8) is 0 Å². The summed E-state index contributed by atoms with van der Waals surface area (Å²) in [7, 11) is 0. The van der Waals surface area contributed by atoms with Crippen LogP contribution in [0.25, 0.3) is 0 Å². The molecule has 0 aromatic heterocycles. The molecule has 104 valence electrons. The fourth-order valence-corrected chi connectivity index (χ4v) is 2.33. The third kappa shape index (κ3) is 5.04. The maximum atomic E-state index is 12.0. The summed E-state index contributed by atoms with van der Waals surface area (Å²) in [5.41, 5.74) is 0. The highest BCUT2D eigenvalue weighted by Crippen LogP contribution is 2.12. The van der Waals surface area contributed by atoms with Crippen LogP contribution < -0.4 is 0 Å². The minimum absolute atomic E-state index is 0.0710. The number of hydrogen-bond donors (Lipinski definition) is 1. The van der Waals surface area contributed by atoms with Crippen LogP contribution >= 0.6 is 0 Å². The van der Waals surface area contributed by atoms with E-state index in [4.69, 9.17) is 5.11 Å². The lowest BCUT2D eigenvalue weighted by molar-refractivity contribution is -0.138. The molecule has 1 saturated heterocycles. The maximum Gasteiger partial charge on any atom is 0.303 e. The molecule has 1 fully saturated rings. The highest BCUT2D eigenvalue weighted by atomic mass is 16.4. The van der Waals surface area contributed by atoms with Crippen LogP contribution in [-0.2, 0) is 9.59 Å². The number of carbonyl (C=O) groups is 2. The number of piperazine rings is 1. The summed E-state index contributed by atoms with van der Waals surface area (Å²) in [6, 6.07) is 0. The Morgan fingerprint density at radius 3 is 2.28 bits per heavy atom. The Morgan fingerprint density at radius 2 is 1.78 bits per heavy atom. The summed E-state index contributed by atoms with van der Waals surface area (Å²) < 4.78 is 0. The molecule has 1 unspecified atom stereocenters. The van der Waals surface area contributed by atoms with Crippen molar-refractivity contribution in [2.24, 2.45) is 5.92 Å². The highest BCUT2D eigenvalue weighted by Gasteiger charge is 2.22. The van der Waals surface area contributed by atoms with Crippen LogP contribution in [0.1, 0.15) is 33.1 Å². The summed E-state index contributed by atoms with van der Waals surface area (Å²) in [6.07, 6.45) is 1.56. The van der Waals surface area contributed by atoms with Crippen molar-refractivity contribution in [3.05, 3.63) is 0 Å². The third-order valence-corrected chi connectivity index (χ3v) is 3.31. The molecule has 1 N–H and O–H groups in total. The topological polar surface area (TPSA) is 60.9 Å². The lowest BCUT2D eigenvalue weighted by atomic mass is 10.0. The first-order valence-corrected chi connectivity index (χ1v) is 6.74. The summed E-state index contributed by atoms with van der Waals surface area (Å²) in [4.78, 5) is 26.8. The Kier molecular flexibility index (Phi) is 6.12. The van der Waals surface area contributed by atoms with Gasteiger partial charge in [0.2, 0.25) is 5.91 Å². The molecule has 5 nitrogen and oxygen atoms in total. The second kappa shape index (κ2) is 7.36. The van der Waals surface area contributed by atoms with Gasteiger partial charge in [0, 0.05) is 39.0 Å². The number of aliphatic carboxylic acids is 1. The van der Waals surface area contributed by atoms with Crippen molar-refractivity contribution < 1.29 is 14.7 Å². The van der Waals surface area contributed by atoms with E-state index in [1.54, 1.807) is 0 Å². The lowest BCUT2D eigenvalue weighted by Gasteiger charge is -2.35. The van der Waals surface area contributed by atoms with Gasteiger partial charge in [0.15, 0.2) is 0 Å². The fraction of sp³-hybridized carbons (Fsp3) is 0.846. The van der Waals surface area contributed by atoms with Gasteiger partial charge in [-0.2, -0.15) is 0 Å². The number of carboxylic acid groups (broad SMARTS) is 1. The first-order valence-electron chi connectivity index (χ1n) is 6.74. The van der Waals surface area contributed by atoms with E-state index in [9.17, 15) is 9.59 Å². The van der Waals surface area contributed by atoms with Gasteiger partial charge in [-0.15, -0.1) is 0 Å². The molecule has 1 amide bonds. The average molecular weight is 256 g/mol. The fourth-order valence-electron chi connectivity index (χ4n) is 2.33. The lowest BCUT2D eigenvalue weighted by Crippen LogP contribution is -2.49.